The summed E-state index contributed by atoms with van der Waals surface area (Å²) in [7, 11) is 0. The van der Waals surface area contributed by atoms with Gasteiger partial charge in [-0.05, 0) is 98.3 Å². The summed E-state index contributed by atoms with van der Waals surface area (Å²) in [6.45, 7) is 2.53. The number of hydrogen-bond acceptors (Lipinski definition) is 3. The highest BCUT2D eigenvalue weighted by molar-refractivity contribution is 6.30. The van der Waals surface area contributed by atoms with Crippen molar-refractivity contribution >= 4 is 23.3 Å². The van der Waals surface area contributed by atoms with Crippen LogP contribution in [0, 0.1) is 0 Å². The average molecular weight is 582 g/mol. The number of nitrogens with zero attached hydrogens (tertiary/aromatic N) is 3. The molecular weight excluding hydrogens is 551 g/mol. The molecule has 1 saturated carbocycles. The van der Waals surface area contributed by atoms with Gasteiger partial charge in [-0.1, -0.05) is 29.3 Å². The number of benzene rings is 3. The van der Waals surface area contributed by atoms with Gasteiger partial charge >= 0.3 is 12.2 Å². The van der Waals surface area contributed by atoms with Gasteiger partial charge in [-0.25, -0.2) is 4.79 Å². The summed E-state index contributed by atoms with van der Waals surface area (Å²) in [5, 5.41) is 0.603. The van der Waals surface area contributed by atoms with Crippen LogP contribution in [0.2, 0.25) is 5.02 Å². The van der Waals surface area contributed by atoms with E-state index in [1.165, 1.54) is 18.2 Å². The number of allylic oxidation sites excluding steroid dienone is 2. The van der Waals surface area contributed by atoms with Gasteiger partial charge in [0.25, 0.3) is 0 Å². The molecule has 5 nitrogen and oxygen atoms in total. The van der Waals surface area contributed by atoms with E-state index >= 15 is 0 Å². The molecule has 1 atom stereocenters. The van der Waals surface area contributed by atoms with E-state index in [1.807, 2.05) is 0 Å². The molecule has 3 fully saturated rings. The lowest BCUT2D eigenvalue weighted by molar-refractivity contribution is -0.137. The fourth-order valence-electron chi connectivity index (χ4n) is 5.88. The van der Waals surface area contributed by atoms with E-state index in [1.54, 1.807) is 70.0 Å². The van der Waals surface area contributed by atoms with Crippen LogP contribution >= 0.6 is 11.6 Å². The molecule has 3 aromatic rings. The average Bonchev–Trinajstić information content (AvgIpc) is 3.52. The smallest absolute Gasteiger partial charge is 0.416 e. The maximum atomic E-state index is 13.8. The number of halogens is 4. The van der Waals surface area contributed by atoms with Crippen molar-refractivity contribution in [3.8, 4) is 11.5 Å². The molecule has 0 spiro atoms. The third kappa shape index (κ3) is 5.89. The van der Waals surface area contributed by atoms with Crippen LogP contribution in [-0.2, 0) is 6.18 Å². The van der Waals surface area contributed by atoms with Crippen LogP contribution in [0.5, 0.6) is 11.5 Å². The fourth-order valence-corrected chi connectivity index (χ4v) is 6.01. The second kappa shape index (κ2) is 11.3. The lowest BCUT2D eigenvalue weighted by Gasteiger charge is -2.29. The highest BCUT2D eigenvalue weighted by Gasteiger charge is 2.40. The molecule has 0 aromatic heterocycles. The minimum absolute atomic E-state index is 0.212. The zero-order valence-corrected chi connectivity index (χ0v) is 23.3. The number of carbonyl (C=O) groups excluding carboxylic acids is 1. The number of hydrogen-bond donors (Lipinski definition) is 0. The SMILES string of the molecule is O=C1N(CCN2CCCC2=C2CCC2)CC(c2cccc(C(F)(F)F)c2)N1c1ccc(Oc2ccc(Cl)cc2)cc1. The van der Waals surface area contributed by atoms with E-state index in [0.717, 1.165) is 50.9 Å². The van der Waals surface area contributed by atoms with E-state index in [9.17, 15) is 18.0 Å². The Labute approximate surface area is 242 Å². The monoisotopic (exact) mass is 581 g/mol. The molecule has 6 rings (SSSR count). The molecule has 0 N–H and O–H groups in total. The third-order valence-corrected chi connectivity index (χ3v) is 8.42. The van der Waals surface area contributed by atoms with Crippen molar-refractivity contribution in [2.24, 2.45) is 0 Å². The Hall–Kier alpha value is -3.65. The van der Waals surface area contributed by atoms with Crippen molar-refractivity contribution < 1.29 is 22.7 Å². The Morgan fingerprint density at radius 3 is 2.20 bits per heavy atom. The molecule has 1 aliphatic carbocycles. The van der Waals surface area contributed by atoms with Crippen LogP contribution < -0.4 is 9.64 Å². The maximum Gasteiger partial charge on any atom is 0.416 e. The van der Waals surface area contributed by atoms with Gasteiger partial charge in [0.2, 0.25) is 0 Å². The minimum atomic E-state index is -4.47. The molecule has 41 heavy (non-hydrogen) atoms. The van der Waals surface area contributed by atoms with Gasteiger partial charge in [-0.2, -0.15) is 13.2 Å². The van der Waals surface area contributed by atoms with Gasteiger partial charge in [0.1, 0.15) is 11.5 Å². The third-order valence-electron chi connectivity index (χ3n) is 8.17. The van der Waals surface area contributed by atoms with Crippen molar-refractivity contribution in [1.82, 2.24) is 9.80 Å². The summed E-state index contributed by atoms with van der Waals surface area (Å²) in [5.74, 6) is 1.19. The number of alkyl halides is 3. The summed E-state index contributed by atoms with van der Waals surface area (Å²) in [6, 6.07) is 18.6. The molecule has 0 radical (unpaired) electrons. The summed E-state index contributed by atoms with van der Waals surface area (Å²) in [5.41, 5.74) is 3.31. The second-order valence-corrected chi connectivity index (χ2v) is 11.2. The van der Waals surface area contributed by atoms with Gasteiger partial charge in [0.05, 0.1) is 11.6 Å². The molecule has 214 valence electrons. The van der Waals surface area contributed by atoms with E-state index in [0.29, 0.717) is 40.9 Å². The summed E-state index contributed by atoms with van der Waals surface area (Å²) in [4.78, 5) is 19.6. The molecule has 2 amide bonds. The minimum Gasteiger partial charge on any atom is -0.457 e. The first-order valence-electron chi connectivity index (χ1n) is 14.0. The first-order chi connectivity index (χ1) is 19.8. The topological polar surface area (TPSA) is 36.0 Å². The number of rotatable bonds is 7. The molecule has 2 aliphatic heterocycles. The number of carbonyl (C=O) groups is 1. The van der Waals surface area contributed by atoms with Crippen LogP contribution in [0.15, 0.2) is 84.1 Å². The molecule has 0 bridgehead atoms. The molecule has 2 heterocycles. The first-order valence-corrected chi connectivity index (χ1v) is 14.4. The standard InChI is InChI=1S/C32H31ClF3N3O2/c33-25-9-13-27(14-10-25)41-28-15-11-26(12-16-28)39-30(23-6-2-7-24(20-23)32(34,35)36)21-38(31(39)40)19-18-37-17-3-8-29(37)22-4-1-5-22/h2,6-7,9-16,20,30H,1,3-5,8,17-19,21H2. The second-order valence-electron chi connectivity index (χ2n) is 10.8. The lowest BCUT2D eigenvalue weighted by atomic mass is 9.90. The summed E-state index contributed by atoms with van der Waals surface area (Å²) >= 11 is 5.96. The summed E-state index contributed by atoms with van der Waals surface area (Å²) in [6.07, 6.45) is 1.32. The zero-order valence-electron chi connectivity index (χ0n) is 22.5. The largest absolute Gasteiger partial charge is 0.457 e. The molecular formula is C32H31ClF3N3O2. The van der Waals surface area contributed by atoms with Crippen LogP contribution in [0.4, 0.5) is 23.7 Å². The Bertz CT molecular complexity index is 1430. The van der Waals surface area contributed by atoms with E-state index < -0.39 is 17.8 Å². The van der Waals surface area contributed by atoms with Crippen LogP contribution in [0.25, 0.3) is 0 Å². The summed E-state index contributed by atoms with van der Waals surface area (Å²) < 4.78 is 46.6. The van der Waals surface area contributed by atoms with E-state index in [-0.39, 0.29) is 6.03 Å². The van der Waals surface area contributed by atoms with Crippen molar-refractivity contribution in [2.45, 2.75) is 44.3 Å². The fraction of sp³-hybridized carbons (Fsp3) is 0.344. The van der Waals surface area contributed by atoms with Crippen LogP contribution in [-0.4, -0.2) is 42.0 Å². The Morgan fingerprint density at radius 2 is 1.54 bits per heavy atom. The zero-order chi connectivity index (χ0) is 28.6. The molecule has 9 heteroatoms. The van der Waals surface area contributed by atoms with Crippen molar-refractivity contribution in [1.29, 1.82) is 0 Å². The highest BCUT2D eigenvalue weighted by Crippen LogP contribution is 2.39. The van der Waals surface area contributed by atoms with Crippen LogP contribution in [0.3, 0.4) is 0 Å². The van der Waals surface area contributed by atoms with Crippen molar-refractivity contribution in [3.63, 3.8) is 0 Å². The molecule has 3 aromatic carbocycles. The molecule has 2 saturated heterocycles. The van der Waals surface area contributed by atoms with Gasteiger partial charge in [-0.3, -0.25) is 4.90 Å². The number of likely N-dealkylation sites (tertiary alicyclic amines) is 1. The Kier molecular flexibility index (Phi) is 7.60. The number of urea groups is 1. The normalized spacial score (nSPS) is 19.3. The Balaban J connectivity index is 1.25. The Morgan fingerprint density at radius 1 is 0.854 bits per heavy atom. The molecule has 3 aliphatic rings. The lowest BCUT2D eigenvalue weighted by Crippen LogP contribution is -2.37. The maximum absolute atomic E-state index is 13.8. The first kappa shape index (κ1) is 27.5. The van der Waals surface area contributed by atoms with E-state index in [4.69, 9.17) is 16.3 Å². The highest BCUT2D eigenvalue weighted by atomic mass is 35.5. The predicted octanol–water partition coefficient (Wildman–Crippen LogP) is 8.67. The van der Waals surface area contributed by atoms with Gasteiger partial charge in [-0.15, -0.1) is 0 Å². The van der Waals surface area contributed by atoms with Gasteiger partial charge < -0.3 is 14.5 Å². The number of amides is 2. The van der Waals surface area contributed by atoms with Crippen LogP contribution in [0.1, 0.15) is 49.3 Å². The number of ether oxygens (including phenoxy) is 1. The van der Waals surface area contributed by atoms with Crippen molar-refractivity contribution in [3.05, 3.63) is 100 Å². The number of anilines is 1. The predicted molar refractivity (Wildman–Crippen MR) is 153 cm³/mol. The van der Waals surface area contributed by atoms with Gasteiger partial charge in [0, 0.05) is 42.6 Å². The quantitative estimate of drug-likeness (QED) is 0.280. The molecule has 1 unspecified atom stereocenters. The van der Waals surface area contributed by atoms with E-state index in [2.05, 4.69) is 4.90 Å². The van der Waals surface area contributed by atoms with Gasteiger partial charge in [0.15, 0.2) is 0 Å². The van der Waals surface area contributed by atoms with Crippen molar-refractivity contribution in [2.75, 3.05) is 31.1 Å².